The first kappa shape index (κ1) is 11.3. The largest absolute Gasteiger partial charge is 0.357 e. The van der Waals surface area contributed by atoms with Crippen LogP contribution < -0.4 is 10.2 Å². The normalized spacial score (nSPS) is 17.3. The summed E-state index contributed by atoms with van der Waals surface area (Å²) in [6.07, 6.45) is 5.24. The molecule has 0 aliphatic carbocycles. The topological polar surface area (TPSA) is 44.3 Å². The molecule has 0 aromatic carbocycles. The summed E-state index contributed by atoms with van der Waals surface area (Å²) in [7, 11) is 2.06. The van der Waals surface area contributed by atoms with Crippen molar-refractivity contribution in [1.82, 2.24) is 20.2 Å². The molecule has 1 N–H and O–H groups in total. The maximum Gasteiger partial charge on any atom is 0.146 e. The molecule has 1 aliphatic heterocycles. The molecular formula is C11H19N5. The van der Waals surface area contributed by atoms with Gasteiger partial charge < -0.3 is 10.2 Å². The molecule has 0 radical (unpaired) electrons. The molecule has 2 heterocycles. The molecule has 5 heteroatoms. The third-order valence-electron chi connectivity index (χ3n) is 2.90. The Bertz CT molecular complexity index is 297. The van der Waals surface area contributed by atoms with Crippen LogP contribution in [0.3, 0.4) is 0 Å². The Hall–Kier alpha value is -1.20. The summed E-state index contributed by atoms with van der Waals surface area (Å²) in [4.78, 5) is 13.0. The quantitative estimate of drug-likeness (QED) is 0.764. The molecule has 0 unspecified atom stereocenters. The molecule has 1 fully saturated rings. The molecule has 1 aromatic heterocycles. The molecule has 0 amide bonds. The number of nitrogens with one attached hydrogen (secondary N) is 1. The van der Waals surface area contributed by atoms with Gasteiger partial charge in [-0.2, -0.15) is 0 Å². The molecule has 0 atom stereocenters. The van der Waals surface area contributed by atoms with Crippen molar-refractivity contribution in [3.05, 3.63) is 18.6 Å². The van der Waals surface area contributed by atoms with Crippen molar-refractivity contribution >= 4 is 5.82 Å². The number of rotatable bonds is 4. The number of aromatic nitrogens is 2. The summed E-state index contributed by atoms with van der Waals surface area (Å²) in [5.41, 5.74) is 0. The Morgan fingerprint density at radius 1 is 1.38 bits per heavy atom. The molecule has 1 aliphatic rings. The van der Waals surface area contributed by atoms with Crippen LogP contribution in [0.1, 0.15) is 0 Å². The summed E-state index contributed by atoms with van der Waals surface area (Å²) < 4.78 is 0. The maximum absolute atomic E-state index is 4.27. The number of anilines is 1. The fourth-order valence-electron chi connectivity index (χ4n) is 1.83. The summed E-state index contributed by atoms with van der Waals surface area (Å²) in [5.74, 6) is 0.942. The van der Waals surface area contributed by atoms with Gasteiger partial charge in [0, 0.05) is 58.7 Å². The van der Waals surface area contributed by atoms with Crippen LogP contribution in [-0.4, -0.2) is 61.2 Å². The van der Waals surface area contributed by atoms with Gasteiger partial charge >= 0.3 is 0 Å². The Labute approximate surface area is 96.5 Å². The Morgan fingerprint density at radius 3 is 2.88 bits per heavy atom. The molecule has 0 saturated carbocycles. The Kier molecular flexibility index (Phi) is 4.07. The molecule has 0 spiro atoms. The van der Waals surface area contributed by atoms with Gasteiger partial charge in [-0.05, 0) is 0 Å². The highest BCUT2D eigenvalue weighted by molar-refractivity contribution is 5.33. The van der Waals surface area contributed by atoms with Gasteiger partial charge in [-0.15, -0.1) is 0 Å². The van der Waals surface area contributed by atoms with Crippen LogP contribution in [-0.2, 0) is 0 Å². The van der Waals surface area contributed by atoms with Crippen LogP contribution in [0.15, 0.2) is 18.6 Å². The van der Waals surface area contributed by atoms with Gasteiger partial charge in [0.25, 0.3) is 0 Å². The van der Waals surface area contributed by atoms with E-state index in [2.05, 4.69) is 32.1 Å². The van der Waals surface area contributed by atoms with E-state index in [1.165, 1.54) is 0 Å². The van der Waals surface area contributed by atoms with E-state index in [0.29, 0.717) is 0 Å². The lowest BCUT2D eigenvalue weighted by atomic mass is 10.3. The lowest BCUT2D eigenvalue weighted by Gasteiger charge is -2.29. The number of piperazine rings is 1. The van der Waals surface area contributed by atoms with Crippen molar-refractivity contribution in [1.29, 1.82) is 0 Å². The number of hydrogen-bond acceptors (Lipinski definition) is 5. The minimum absolute atomic E-state index is 0.942. The van der Waals surface area contributed by atoms with E-state index in [-0.39, 0.29) is 0 Å². The van der Waals surface area contributed by atoms with E-state index in [1.807, 2.05) is 0 Å². The van der Waals surface area contributed by atoms with Crippen LogP contribution in [0.4, 0.5) is 5.82 Å². The first-order chi connectivity index (χ1) is 7.86. The third-order valence-corrected chi connectivity index (χ3v) is 2.90. The molecule has 0 bridgehead atoms. The van der Waals surface area contributed by atoms with Crippen molar-refractivity contribution in [2.24, 2.45) is 0 Å². The highest BCUT2D eigenvalue weighted by Gasteiger charge is 2.10. The molecule has 1 aromatic rings. The second kappa shape index (κ2) is 5.77. The second-order valence-electron chi connectivity index (χ2n) is 4.08. The van der Waals surface area contributed by atoms with Gasteiger partial charge in [0.05, 0.1) is 6.20 Å². The van der Waals surface area contributed by atoms with Gasteiger partial charge in [-0.25, -0.2) is 4.98 Å². The average molecular weight is 221 g/mol. The van der Waals surface area contributed by atoms with Gasteiger partial charge in [-0.1, -0.05) is 0 Å². The summed E-state index contributed by atoms with van der Waals surface area (Å²) in [6.45, 7) is 6.60. The average Bonchev–Trinajstić information content (AvgIpc) is 2.38. The summed E-state index contributed by atoms with van der Waals surface area (Å²) in [5, 5.41) is 3.36. The zero-order valence-electron chi connectivity index (χ0n) is 9.76. The number of hydrogen-bond donors (Lipinski definition) is 1. The number of likely N-dealkylation sites (N-methyl/N-ethyl adjacent to an activating group) is 1. The highest BCUT2D eigenvalue weighted by atomic mass is 15.2. The van der Waals surface area contributed by atoms with Gasteiger partial charge in [0.2, 0.25) is 0 Å². The molecule has 5 nitrogen and oxygen atoms in total. The van der Waals surface area contributed by atoms with E-state index in [9.17, 15) is 0 Å². The van der Waals surface area contributed by atoms with Crippen molar-refractivity contribution in [3.8, 4) is 0 Å². The fourth-order valence-corrected chi connectivity index (χ4v) is 1.83. The van der Waals surface area contributed by atoms with Crippen LogP contribution in [0.25, 0.3) is 0 Å². The number of nitrogens with zero attached hydrogens (tertiary/aromatic N) is 4. The van der Waals surface area contributed by atoms with Crippen molar-refractivity contribution in [2.75, 3.05) is 51.2 Å². The second-order valence-corrected chi connectivity index (χ2v) is 4.08. The predicted molar refractivity (Wildman–Crippen MR) is 64.6 cm³/mol. The summed E-state index contributed by atoms with van der Waals surface area (Å²) in [6, 6.07) is 0. The molecule has 88 valence electrons. The van der Waals surface area contributed by atoms with Crippen molar-refractivity contribution in [3.63, 3.8) is 0 Å². The standard InChI is InChI=1S/C11H19N5/c1-15(11-10-13-2-3-14-11)8-9-16-6-4-12-5-7-16/h2-3,10,12H,4-9H2,1H3. The first-order valence-electron chi connectivity index (χ1n) is 5.76. The van der Waals surface area contributed by atoms with Crippen LogP contribution in [0.5, 0.6) is 0 Å². The maximum atomic E-state index is 4.27. The lowest BCUT2D eigenvalue weighted by molar-refractivity contribution is 0.246. The Balaban J connectivity index is 1.77. The predicted octanol–water partition coefficient (Wildman–Crippen LogP) is -0.182. The van der Waals surface area contributed by atoms with Gasteiger partial charge in [0.15, 0.2) is 0 Å². The van der Waals surface area contributed by atoms with Crippen molar-refractivity contribution < 1.29 is 0 Å². The minimum Gasteiger partial charge on any atom is -0.357 e. The van der Waals surface area contributed by atoms with Crippen LogP contribution >= 0.6 is 0 Å². The van der Waals surface area contributed by atoms with Gasteiger partial charge in [0.1, 0.15) is 5.82 Å². The molecule has 16 heavy (non-hydrogen) atoms. The van der Waals surface area contributed by atoms with E-state index < -0.39 is 0 Å². The van der Waals surface area contributed by atoms with Crippen molar-refractivity contribution in [2.45, 2.75) is 0 Å². The summed E-state index contributed by atoms with van der Waals surface area (Å²) >= 11 is 0. The van der Waals surface area contributed by atoms with Crippen LogP contribution in [0, 0.1) is 0 Å². The zero-order chi connectivity index (χ0) is 11.2. The lowest BCUT2D eigenvalue weighted by Crippen LogP contribution is -2.46. The van der Waals surface area contributed by atoms with E-state index >= 15 is 0 Å². The molecular weight excluding hydrogens is 202 g/mol. The zero-order valence-corrected chi connectivity index (χ0v) is 9.76. The van der Waals surface area contributed by atoms with E-state index in [4.69, 9.17) is 0 Å². The van der Waals surface area contributed by atoms with Crippen LogP contribution in [0.2, 0.25) is 0 Å². The smallest absolute Gasteiger partial charge is 0.146 e. The monoisotopic (exact) mass is 221 g/mol. The first-order valence-corrected chi connectivity index (χ1v) is 5.76. The van der Waals surface area contributed by atoms with Gasteiger partial charge in [-0.3, -0.25) is 9.88 Å². The SMILES string of the molecule is CN(CCN1CCNCC1)c1cnccn1. The Morgan fingerprint density at radius 2 is 2.19 bits per heavy atom. The molecule has 2 rings (SSSR count). The third kappa shape index (κ3) is 3.15. The molecule has 1 saturated heterocycles. The van der Waals surface area contributed by atoms with E-state index in [0.717, 1.165) is 45.1 Å². The highest BCUT2D eigenvalue weighted by Crippen LogP contribution is 2.04. The fraction of sp³-hybridized carbons (Fsp3) is 0.636. The minimum atomic E-state index is 0.942. The van der Waals surface area contributed by atoms with E-state index in [1.54, 1.807) is 18.6 Å².